The van der Waals surface area contributed by atoms with E-state index in [0.717, 1.165) is 41.5 Å². The number of ether oxygens (including phenoxy) is 1. The number of sulfonamides is 1. The van der Waals surface area contributed by atoms with E-state index in [1.165, 1.54) is 17.0 Å². The van der Waals surface area contributed by atoms with Gasteiger partial charge >= 0.3 is 5.97 Å². The minimum atomic E-state index is -4.10. The zero-order valence-electron chi connectivity index (χ0n) is 22.2. The molecule has 0 spiro atoms. The highest BCUT2D eigenvalue weighted by Crippen LogP contribution is 2.24. The van der Waals surface area contributed by atoms with Crippen molar-refractivity contribution in [1.82, 2.24) is 14.6 Å². The molecule has 0 aliphatic rings. The molecule has 0 saturated carbocycles. The van der Waals surface area contributed by atoms with Gasteiger partial charge in [0, 0.05) is 19.5 Å². The summed E-state index contributed by atoms with van der Waals surface area (Å²) in [5.74, 6) is -0.362. The molecular weight excluding hydrogens is 514 g/mol. The van der Waals surface area contributed by atoms with Gasteiger partial charge in [0.2, 0.25) is 5.03 Å². The van der Waals surface area contributed by atoms with Crippen molar-refractivity contribution in [3.8, 4) is 0 Å². The van der Waals surface area contributed by atoms with Gasteiger partial charge in [0.05, 0.1) is 13.5 Å². The third-order valence-corrected chi connectivity index (χ3v) is 8.18. The van der Waals surface area contributed by atoms with Crippen LogP contribution < -0.4 is 0 Å². The highest BCUT2D eigenvalue weighted by molar-refractivity contribution is 7.89. The van der Waals surface area contributed by atoms with Crippen molar-refractivity contribution in [2.75, 3.05) is 7.11 Å². The molecule has 0 atom stereocenters. The average molecular weight is 548 g/mol. The number of aromatic nitrogens is 2. The number of nitrogens with zero attached hydrogens (tertiary/aromatic N) is 3. The Morgan fingerprint density at radius 1 is 0.846 bits per heavy atom. The Hall–Kier alpha value is -3.82. The van der Waals surface area contributed by atoms with Gasteiger partial charge in [-0.25, -0.2) is 13.0 Å². The van der Waals surface area contributed by atoms with Gasteiger partial charge in [-0.15, -0.1) is 0 Å². The zero-order valence-corrected chi connectivity index (χ0v) is 23.1. The third kappa shape index (κ3) is 7.61. The molecule has 0 amide bonds. The number of aryl methyl sites for hydroxylation is 1. The summed E-state index contributed by atoms with van der Waals surface area (Å²) < 4.78 is 39.1. The summed E-state index contributed by atoms with van der Waals surface area (Å²) in [6, 6.07) is 24.8. The number of rotatable bonds is 13. The van der Waals surface area contributed by atoms with E-state index in [9.17, 15) is 13.2 Å². The highest BCUT2D eigenvalue weighted by Gasteiger charge is 2.32. The van der Waals surface area contributed by atoms with Crippen molar-refractivity contribution in [2.24, 2.45) is 0 Å². The van der Waals surface area contributed by atoms with E-state index in [1.807, 2.05) is 72.8 Å². The van der Waals surface area contributed by atoms with Crippen LogP contribution in [0.1, 0.15) is 53.3 Å². The van der Waals surface area contributed by atoms with Gasteiger partial charge in [0.1, 0.15) is 5.69 Å². The van der Waals surface area contributed by atoms with E-state index >= 15 is 0 Å². The Bertz CT molecular complexity index is 1470. The summed E-state index contributed by atoms with van der Waals surface area (Å²) in [6.07, 6.45) is 3.57. The zero-order chi connectivity index (χ0) is 27.7. The van der Waals surface area contributed by atoms with Crippen LogP contribution in [0.4, 0.5) is 0 Å². The molecule has 0 N–H and O–H groups in total. The molecule has 0 saturated heterocycles. The topological polar surface area (TPSA) is 103 Å². The molecule has 9 heteroatoms. The molecule has 4 aromatic rings. The van der Waals surface area contributed by atoms with Gasteiger partial charge < -0.3 is 4.74 Å². The Morgan fingerprint density at radius 3 is 2.23 bits per heavy atom. The first-order chi connectivity index (χ1) is 18.9. The van der Waals surface area contributed by atoms with Crippen molar-refractivity contribution < 1.29 is 22.6 Å². The minimum Gasteiger partial charge on any atom is -0.469 e. The van der Waals surface area contributed by atoms with Gasteiger partial charge in [-0.2, -0.15) is 4.31 Å². The van der Waals surface area contributed by atoms with E-state index in [0.29, 0.717) is 0 Å². The Balaban J connectivity index is 1.65. The summed E-state index contributed by atoms with van der Waals surface area (Å²) in [6.45, 7) is 2.37. The molecule has 3 aromatic carbocycles. The maximum absolute atomic E-state index is 14.0. The van der Waals surface area contributed by atoms with E-state index in [1.54, 1.807) is 6.07 Å². The standard InChI is InChI=1S/C30H33N3O5S/c1-3-4-9-23-14-16-25(17-15-23)21-33(22-27-13-8-12-26(18-27)20-29(34)37-2)39(35,36)30-28(31-38-32-30)19-24-10-6-5-7-11-24/h5-8,10-18H,3-4,9,19-22H2,1-2H3. The van der Waals surface area contributed by atoms with Crippen LogP contribution in [-0.4, -0.2) is 36.1 Å². The number of hydrogen-bond acceptors (Lipinski definition) is 7. The molecule has 0 radical (unpaired) electrons. The van der Waals surface area contributed by atoms with Crippen LogP contribution in [0.25, 0.3) is 0 Å². The number of benzene rings is 3. The summed E-state index contributed by atoms with van der Waals surface area (Å²) in [7, 11) is -2.76. The molecule has 0 aliphatic carbocycles. The van der Waals surface area contributed by atoms with Crippen molar-refractivity contribution in [3.63, 3.8) is 0 Å². The number of esters is 1. The molecule has 0 fully saturated rings. The Morgan fingerprint density at radius 2 is 1.51 bits per heavy atom. The number of unbranched alkanes of at least 4 members (excludes halogenated alkanes) is 1. The second-order valence-electron chi connectivity index (χ2n) is 9.44. The molecule has 0 unspecified atom stereocenters. The first-order valence-corrected chi connectivity index (χ1v) is 14.4. The molecule has 204 valence electrons. The SMILES string of the molecule is CCCCc1ccc(CN(Cc2cccc(CC(=O)OC)c2)S(=O)(=O)c2nonc2Cc2ccccc2)cc1. The molecule has 0 bridgehead atoms. The number of hydrogen-bond donors (Lipinski definition) is 0. The van der Waals surface area contributed by atoms with E-state index in [2.05, 4.69) is 17.2 Å². The monoisotopic (exact) mass is 547 g/mol. The second kappa shape index (κ2) is 13.3. The predicted octanol–water partition coefficient (Wildman–Crippen LogP) is 5.11. The third-order valence-electron chi connectivity index (χ3n) is 6.45. The smallest absolute Gasteiger partial charge is 0.309 e. The number of carbonyl (C=O) groups excluding carboxylic acids is 1. The maximum Gasteiger partial charge on any atom is 0.309 e. The fraction of sp³-hybridized carbons (Fsp3) is 0.300. The number of carbonyl (C=O) groups is 1. The van der Waals surface area contributed by atoms with Gasteiger partial charge in [0.25, 0.3) is 10.0 Å². The average Bonchev–Trinajstić information content (AvgIpc) is 3.42. The van der Waals surface area contributed by atoms with Crippen LogP contribution in [0, 0.1) is 0 Å². The molecule has 1 heterocycles. The van der Waals surface area contributed by atoms with E-state index in [-0.39, 0.29) is 42.6 Å². The van der Waals surface area contributed by atoms with Crippen LogP contribution in [0.3, 0.4) is 0 Å². The Kier molecular flexibility index (Phi) is 9.62. The lowest BCUT2D eigenvalue weighted by molar-refractivity contribution is -0.139. The quantitative estimate of drug-likeness (QED) is 0.214. The van der Waals surface area contributed by atoms with E-state index in [4.69, 9.17) is 9.37 Å². The van der Waals surface area contributed by atoms with Crippen LogP contribution in [-0.2, 0) is 51.9 Å². The fourth-order valence-electron chi connectivity index (χ4n) is 4.32. The normalized spacial score (nSPS) is 11.6. The lowest BCUT2D eigenvalue weighted by Crippen LogP contribution is -2.31. The molecule has 4 rings (SSSR count). The molecule has 8 nitrogen and oxygen atoms in total. The van der Waals surface area contributed by atoms with Gasteiger partial charge in [-0.3, -0.25) is 4.79 Å². The lowest BCUT2D eigenvalue weighted by atomic mass is 10.1. The van der Waals surface area contributed by atoms with Crippen LogP contribution in [0.5, 0.6) is 0 Å². The largest absolute Gasteiger partial charge is 0.469 e. The van der Waals surface area contributed by atoms with Crippen molar-refractivity contribution in [3.05, 3.63) is 112 Å². The van der Waals surface area contributed by atoms with Crippen LogP contribution in [0.15, 0.2) is 88.5 Å². The van der Waals surface area contributed by atoms with Crippen LogP contribution >= 0.6 is 0 Å². The first-order valence-electron chi connectivity index (χ1n) is 13.0. The summed E-state index contributed by atoms with van der Waals surface area (Å²) in [5, 5.41) is 7.56. The molecular formula is C30H33N3O5S. The molecule has 0 aliphatic heterocycles. The van der Waals surface area contributed by atoms with Crippen molar-refractivity contribution in [1.29, 1.82) is 0 Å². The van der Waals surface area contributed by atoms with E-state index < -0.39 is 10.0 Å². The van der Waals surface area contributed by atoms with Gasteiger partial charge in [-0.1, -0.05) is 97.4 Å². The Labute approximate surface area is 229 Å². The fourth-order valence-corrected chi connectivity index (χ4v) is 5.73. The van der Waals surface area contributed by atoms with Crippen molar-refractivity contribution >= 4 is 16.0 Å². The number of methoxy groups -OCH3 is 1. The first kappa shape index (κ1) is 28.2. The summed E-state index contributed by atoms with van der Waals surface area (Å²) in [4.78, 5) is 11.8. The lowest BCUT2D eigenvalue weighted by Gasteiger charge is -2.22. The predicted molar refractivity (Wildman–Crippen MR) is 147 cm³/mol. The van der Waals surface area contributed by atoms with Crippen molar-refractivity contribution in [2.45, 2.75) is 57.1 Å². The van der Waals surface area contributed by atoms with Gasteiger partial charge in [0.15, 0.2) is 0 Å². The highest BCUT2D eigenvalue weighted by atomic mass is 32.2. The maximum atomic E-state index is 14.0. The second-order valence-corrected chi connectivity index (χ2v) is 11.3. The molecule has 1 aromatic heterocycles. The van der Waals surface area contributed by atoms with Gasteiger partial charge in [-0.05, 0) is 45.8 Å². The minimum absolute atomic E-state index is 0.0760. The summed E-state index contributed by atoms with van der Waals surface area (Å²) in [5.41, 5.74) is 4.70. The van der Waals surface area contributed by atoms with Crippen LogP contribution in [0.2, 0.25) is 0 Å². The summed E-state index contributed by atoms with van der Waals surface area (Å²) >= 11 is 0. The molecule has 39 heavy (non-hydrogen) atoms.